The van der Waals surface area contributed by atoms with Gasteiger partial charge in [0.25, 0.3) is 0 Å². The molecule has 0 aromatic rings. The third kappa shape index (κ3) is 6.08. The third-order valence-corrected chi connectivity index (χ3v) is 2.91. The Labute approximate surface area is 99.6 Å². The maximum Gasteiger partial charge on any atom is 0.224 e. The second-order valence-corrected chi connectivity index (χ2v) is 4.04. The number of likely N-dealkylation sites (N-methyl/N-ethyl adjacent to an activating group) is 1. The second kappa shape index (κ2) is 9.60. The van der Waals surface area contributed by atoms with Crippen molar-refractivity contribution in [2.75, 3.05) is 32.7 Å². The zero-order chi connectivity index (χ0) is 12.4. The van der Waals surface area contributed by atoms with E-state index in [-0.39, 0.29) is 11.8 Å². The summed E-state index contributed by atoms with van der Waals surface area (Å²) in [5, 5.41) is 2.96. The Bertz CT molecular complexity index is 181. The summed E-state index contributed by atoms with van der Waals surface area (Å²) in [4.78, 5) is 14.0. The van der Waals surface area contributed by atoms with Crippen molar-refractivity contribution in [3.05, 3.63) is 0 Å². The van der Waals surface area contributed by atoms with E-state index in [2.05, 4.69) is 31.0 Å². The Balaban J connectivity index is 3.78. The number of amides is 1. The number of nitrogens with two attached hydrogens (primary N) is 1. The van der Waals surface area contributed by atoms with Gasteiger partial charge in [-0.3, -0.25) is 4.79 Å². The van der Waals surface area contributed by atoms with Gasteiger partial charge in [-0.2, -0.15) is 0 Å². The largest absolute Gasteiger partial charge is 0.355 e. The van der Waals surface area contributed by atoms with Gasteiger partial charge >= 0.3 is 0 Å². The van der Waals surface area contributed by atoms with Crippen LogP contribution < -0.4 is 11.1 Å². The average Bonchev–Trinajstić information content (AvgIpc) is 2.31. The molecule has 0 aliphatic rings. The molecule has 0 bridgehead atoms. The molecule has 16 heavy (non-hydrogen) atoms. The number of rotatable bonds is 9. The van der Waals surface area contributed by atoms with Crippen LogP contribution in [0.3, 0.4) is 0 Å². The molecule has 1 atom stereocenters. The smallest absolute Gasteiger partial charge is 0.224 e. The van der Waals surface area contributed by atoms with Crippen molar-refractivity contribution in [2.24, 2.45) is 11.7 Å². The van der Waals surface area contributed by atoms with Gasteiger partial charge in [0.15, 0.2) is 0 Å². The van der Waals surface area contributed by atoms with Gasteiger partial charge < -0.3 is 16.0 Å². The van der Waals surface area contributed by atoms with Crippen LogP contribution in [0.2, 0.25) is 0 Å². The molecule has 0 radical (unpaired) electrons. The molecular formula is C12H27N3O. The molecule has 0 rings (SSSR count). The highest BCUT2D eigenvalue weighted by molar-refractivity contribution is 5.78. The summed E-state index contributed by atoms with van der Waals surface area (Å²) >= 11 is 0. The van der Waals surface area contributed by atoms with Gasteiger partial charge in [0, 0.05) is 19.6 Å². The molecule has 0 fully saturated rings. The molecule has 4 nitrogen and oxygen atoms in total. The van der Waals surface area contributed by atoms with E-state index >= 15 is 0 Å². The Hall–Kier alpha value is -0.610. The molecule has 0 spiro atoms. The van der Waals surface area contributed by atoms with E-state index in [1.807, 2.05) is 0 Å². The van der Waals surface area contributed by atoms with Gasteiger partial charge in [-0.1, -0.05) is 27.2 Å². The number of carbonyl (C=O) groups is 1. The van der Waals surface area contributed by atoms with Crippen molar-refractivity contribution in [3.63, 3.8) is 0 Å². The summed E-state index contributed by atoms with van der Waals surface area (Å²) in [6.45, 7) is 10.5. The number of hydrogen-bond donors (Lipinski definition) is 2. The predicted octanol–water partition coefficient (Wildman–Crippen LogP) is 0.819. The predicted molar refractivity (Wildman–Crippen MR) is 68.3 cm³/mol. The summed E-state index contributed by atoms with van der Waals surface area (Å²) in [6.07, 6.45) is 1.89. The lowest BCUT2D eigenvalue weighted by molar-refractivity contribution is -0.124. The Kier molecular flexibility index (Phi) is 9.24. The lowest BCUT2D eigenvalue weighted by atomic mass is 10.0. The van der Waals surface area contributed by atoms with Crippen LogP contribution >= 0.6 is 0 Å². The van der Waals surface area contributed by atoms with Crippen molar-refractivity contribution in [1.29, 1.82) is 0 Å². The molecule has 0 aromatic heterocycles. The number of carbonyl (C=O) groups excluding carboxylic acids is 1. The molecular weight excluding hydrogens is 202 g/mol. The highest BCUT2D eigenvalue weighted by atomic mass is 16.1. The van der Waals surface area contributed by atoms with Crippen LogP contribution in [-0.2, 0) is 4.79 Å². The quantitative estimate of drug-likeness (QED) is 0.615. The Morgan fingerprint density at radius 3 is 2.38 bits per heavy atom. The maximum atomic E-state index is 11.7. The van der Waals surface area contributed by atoms with Crippen LogP contribution in [0, 0.1) is 5.92 Å². The molecule has 0 aromatic carbocycles. The Morgan fingerprint density at radius 2 is 1.94 bits per heavy atom. The van der Waals surface area contributed by atoms with Gasteiger partial charge in [0.1, 0.15) is 0 Å². The molecule has 1 unspecified atom stereocenters. The van der Waals surface area contributed by atoms with Crippen LogP contribution in [0.1, 0.15) is 33.6 Å². The van der Waals surface area contributed by atoms with Crippen LogP contribution in [0.25, 0.3) is 0 Å². The van der Waals surface area contributed by atoms with Gasteiger partial charge in [-0.15, -0.1) is 0 Å². The standard InChI is InChI=1S/C12H27N3O/c1-4-7-11(10-13)12(16)14-8-9-15(5-2)6-3/h11H,4-10,13H2,1-3H3,(H,14,16). The van der Waals surface area contributed by atoms with Crippen LogP contribution in [-0.4, -0.2) is 43.5 Å². The van der Waals surface area contributed by atoms with Crippen LogP contribution in [0.4, 0.5) is 0 Å². The summed E-state index contributed by atoms with van der Waals surface area (Å²) < 4.78 is 0. The van der Waals surface area contributed by atoms with Crippen molar-refractivity contribution in [2.45, 2.75) is 33.6 Å². The monoisotopic (exact) mass is 229 g/mol. The average molecular weight is 229 g/mol. The van der Waals surface area contributed by atoms with Gasteiger partial charge in [-0.25, -0.2) is 0 Å². The highest BCUT2D eigenvalue weighted by Crippen LogP contribution is 2.03. The first-order chi connectivity index (χ1) is 7.69. The molecule has 4 heteroatoms. The van der Waals surface area contributed by atoms with E-state index in [9.17, 15) is 4.79 Å². The fraction of sp³-hybridized carbons (Fsp3) is 0.917. The Morgan fingerprint density at radius 1 is 1.31 bits per heavy atom. The first-order valence-corrected chi connectivity index (χ1v) is 6.39. The summed E-state index contributed by atoms with van der Waals surface area (Å²) in [5.41, 5.74) is 5.57. The van der Waals surface area contributed by atoms with E-state index in [1.165, 1.54) is 0 Å². The number of nitrogens with zero attached hydrogens (tertiary/aromatic N) is 1. The van der Waals surface area contributed by atoms with Gasteiger partial charge in [0.05, 0.1) is 5.92 Å². The van der Waals surface area contributed by atoms with Gasteiger partial charge in [-0.05, 0) is 19.5 Å². The van der Waals surface area contributed by atoms with Crippen molar-refractivity contribution >= 4 is 5.91 Å². The minimum atomic E-state index is -0.0123. The lowest BCUT2D eigenvalue weighted by Gasteiger charge is -2.19. The first-order valence-electron chi connectivity index (χ1n) is 6.39. The first kappa shape index (κ1) is 15.4. The molecule has 96 valence electrons. The summed E-state index contributed by atoms with van der Waals surface area (Å²) in [5.74, 6) is 0.0956. The maximum absolute atomic E-state index is 11.7. The molecule has 0 heterocycles. The van der Waals surface area contributed by atoms with Crippen molar-refractivity contribution in [3.8, 4) is 0 Å². The van der Waals surface area contributed by atoms with E-state index in [1.54, 1.807) is 0 Å². The van der Waals surface area contributed by atoms with E-state index in [4.69, 9.17) is 5.73 Å². The second-order valence-electron chi connectivity index (χ2n) is 4.04. The summed E-state index contributed by atoms with van der Waals surface area (Å²) in [7, 11) is 0. The molecule has 0 aliphatic heterocycles. The molecule has 3 N–H and O–H groups in total. The highest BCUT2D eigenvalue weighted by Gasteiger charge is 2.14. The zero-order valence-corrected chi connectivity index (χ0v) is 11.0. The van der Waals surface area contributed by atoms with E-state index < -0.39 is 0 Å². The zero-order valence-electron chi connectivity index (χ0n) is 11.0. The minimum Gasteiger partial charge on any atom is -0.355 e. The van der Waals surface area contributed by atoms with Crippen LogP contribution in [0.5, 0.6) is 0 Å². The molecule has 0 saturated carbocycles. The molecule has 1 amide bonds. The molecule has 0 aliphatic carbocycles. The van der Waals surface area contributed by atoms with Crippen molar-refractivity contribution < 1.29 is 4.79 Å². The fourth-order valence-corrected chi connectivity index (χ4v) is 1.73. The third-order valence-electron chi connectivity index (χ3n) is 2.91. The normalized spacial score (nSPS) is 12.8. The number of nitrogens with one attached hydrogen (secondary N) is 1. The van der Waals surface area contributed by atoms with E-state index in [0.717, 1.165) is 39.0 Å². The van der Waals surface area contributed by atoms with Gasteiger partial charge in [0.2, 0.25) is 5.91 Å². The summed E-state index contributed by atoms with van der Waals surface area (Å²) in [6, 6.07) is 0. The molecule has 0 saturated heterocycles. The lowest BCUT2D eigenvalue weighted by Crippen LogP contribution is -2.39. The SMILES string of the molecule is CCCC(CN)C(=O)NCCN(CC)CC. The van der Waals surface area contributed by atoms with E-state index in [0.29, 0.717) is 6.54 Å². The fourth-order valence-electron chi connectivity index (χ4n) is 1.73. The topological polar surface area (TPSA) is 58.4 Å². The number of hydrogen-bond acceptors (Lipinski definition) is 3. The minimum absolute atomic E-state index is 0.0123. The van der Waals surface area contributed by atoms with Crippen LogP contribution in [0.15, 0.2) is 0 Å². The van der Waals surface area contributed by atoms with Crippen molar-refractivity contribution in [1.82, 2.24) is 10.2 Å².